The van der Waals surface area contributed by atoms with Crippen molar-refractivity contribution in [3.8, 4) is 11.5 Å². The number of anilines is 1. The largest absolute Gasteiger partial charge is 0.489 e. The highest BCUT2D eigenvalue weighted by atomic mass is 19.1. The van der Waals surface area contributed by atoms with Crippen LogP contribution in [-0.2, 0) is 17.8 Å². The van der Waals surface area contributed by atoms with E-state index in [1.165, 1.54) is 12.1 Å². The number of aliphatic hydroxyl groups is 1. The van der Waals surface area contributed by atoms with Gasteiger partial charge in [0.05, 0.1) is 11.8 Å². The fourth-order valence-corrected chi connectivity index (χ4v) is 4.15. The Morgan fingerprint density at radius 3 is 2.69 bits per heavy atom. The van der Waals surface area contributed by atoms with Gasteiger partial charge in [-0.15, -0.1) is 0 Å². The van der Waals surface area contributed by atoms with Crippen molar-refractivity contribution in [1.29, 1.82) is 0 Å². The number of halogens is 1. The summed E-state index contributed by atoms with van der Waals surface area (Å²) in [6.07, 6.45) is -0.246. The Labute approximate surface area is 205 Å². The standard InChI is InChI=1S/C28H31FN2O4/c1-18-11-21(29)10-9-20(18)14-28(2,3)30-15-25(32)23-12-22(34-16-19-7-5-4-6-8-19)13-24-27(23)35-17-26(33)31-24/h4-13,25,30,32H,14-17H2,1-3H3,(H,31,33). The minimum atomic E-state index is -0.910. The van der Waals surface area contributed by atoms with E-state index in [0.717, 1.165) is 16.7 Å². The molecule has 0 fully saturated rings. The predicted molar refractivity (Wildman–Crippen MR) is 133 cm³/mol. The van der Waals surface area contributed by atoms with Crippen LogP contribution in [0.5, 0.6) is 11.5 Å². The van der Waals surface area contributed by atoms with Crippen molar-refractivity contribution in [2.45, 2.75) is 45.4 Å². The molecule has 0 aliphatic carbocycles. The van der Waals surface area contributed by atoms with Crippen molar-refractivity contribution in [3.05, 3.63) is 88.7 Å². The molecule has 1 aliphatic rings. The number of amides is 1. The van der Waals surface area contributed by atoms with Gasteiger partial charge in [-0.25, -0.2) is 4.39 Å². The molecule has 1 amide bonds. The molecule has 184 valence electrons. The van der Waals surface area contributed by atoms with E-state index in [2.05, 4.69) is 10.6 Å². The lowest BCUT2D eigenvalue weighted by atomic mass is 9.92. The Morgan fingerprint density at radius 1 is 1.17 bits per heavy atom. The van der Waals surface area contributed by atoms with Crippen LogP contribution in [0.4, 0.5) is 10.1 Å². The van der Waals surface area contributed by atoms with Gasteiger partial charge in [0.25, 0.3) is 5.91 Å². The van der Waals surface area contributed by atoms with Crippen LogP contribution in [0.15, 0.2) is 60.7 Å². The third-order valence-electron chi connectivity index (χ3n) is 6.03. The van der Waals surface area contributed by atoms with Gasteiger partial charge in [0, 0.05) is 23.7 Å². The molecule has 3 aromatic rings. The zero-order valence-electron chi connectivity index (χ0n) is 20.2. The summed E-state index contributed by atoms with van der Waals surface area (Å²) < 4.78 is 25.1. The zero-order valence-corrected chi connectivity index (χ0v) is 20.2. The molecule has 0 aromatic heterocycles. The molecule has 0 saturated carbocycles. The van der Waals surface area contributed by atoms with Crippen molar-refractivity contribution >= 4 is 11.6 Å². The first-order valence-electron chi connectivity index (χ1n) is 11.7. The summed E-state index contributed by atoms with van der Waals surface area (Å²) in [4.78, 5) is 11.9. The van der Waals surface area contributed by atoms with Gasteiger partial charge in [-0.3, -0.25) is 4.79 Å². The molecule has 7 heteroatoms. The molecule has 1 atom stereocenters. The second-order valence-corrected chi connectivity index (χ2v) is 9.53. The fraction of sp³-hybridized carbons (Fsp3) is 0.321. The lowest BCUT2D eigenvalue weighted by Gasteiger charge is -2.30. The number of aliphatic hydroxyl groups excluding tert-OH is 1. The minimum Gasteiger partial charge on any atom is -0.489 e. The summed E-state index contributed by atoms with van der Waals surface area (Å²) in [6.45, 7) is 6.45. The van der Waals surface area contributed by atoms with E-state index in [0.29, 0.717) is 35.8 Å². The van der Waals surface area contributed by atoms with Gasteiger partial charge < -0.3 is 25.2 Å². The Kier molecular flexibility index (Phi) is 7.38. The number of β-amino-alcohol motifs (C(OH)–C–C–N with tert-alkyl or cyclic N) is 1. The molecular weight excluding hydrogens is 447 g/mol. The van der Waals surface area contributed by atoms with Crippen molar-refractivity contribution in [2.24, 2.45) is 0 Å². The van der Waals surface area contributed by atoms with Crippen LogP contribution in [0.3, 0.4) is 0 Å². The average molecular weight is 479 g/mol. The second-order valence-electron chi connectivity index (χ2n) is 9.53. The molecule has 4 rings (SSSR count). The first-order valence-corrected chi connectivity index (χ1v) is 11.7. The summed E-state index contributed by atoms with van der Waals surface area (Å²) in [6, 6.07) is 18.0. The maximum absolute atomic E-state index is 13.5. The highest BCUT2D eigenvalue weighted by molar-refractivity contribution is 5.96. The number of rotatable bonds is 9. The van der Waals surface area contributed by atoms with Crippen LogP contribution >= 0.6 is 0 Å². The first-order chi connectivity index (χ1) is 16.7. The minimum absolute atomic E-state index is 0.111. The maximum Gasteiger partial charge on any atom is 0.262 e. The van der Waals surface area contributed by atoms with Crippen molar-refractivity contribution in [3.63, 3.8) is 0 Å². The van der Waals surface area contributed by atoms with Crippen LogP contribution < -0.4 is 20.1 Å². The lowest BCUT2D eigenvalue weighted by molar-refractivity contribution is -0.118. The number of fused-ring (bicyclic) bond motifs is 1. The van der Waals surface area contributed by atoms with E-state index in [1.54, 1.807) is 18.2 Å². The summed E-state index contributed by atoms with van der Waals surface area (Å²) in [5.74, 6) is 0.456. The van der Waals surface area contributed by atoms with Gasteiger partial charge in [0.2, 0.25) is 0 Å². The van der Waals surface area contributed by atoms with Crippen LogP contribution in [0.25, 0.3) is 0 Å². The van der Waals surface area contributed by atoms with E-state index >= 15 is 0 Å². The molecule has 1 unspecified atom stereocenters. The Hall–Kier alpha value is -3.42. The van der Waals surface area contributed by atoms with Gasteiger partial charge in [-0.2, -0.15) is 0 Å². The summed E-state index contributed by atoms with van der Waals surface area (Å²) >= 11 is 0. The van der Waals surface area contributed by atoms with Gasteiger partial charge in [-0.05, 0) is 62.1 Å². The van der Waals surface area contributed by atoms with Crippen molar-refractivity contribution in [2.75, 3.05) is 18.5 Å². The third kappa shape index (κ3) is 6.38. The second kappa shape index (κ2) is 10.5. The lowest BCUT2D eigenvalue weighted by Crippen LogP contribution is -2.43. The van der Waals surface area contributed by atoms with Gasteiger partial charge >= 0.3 is 0 Å². The van der Waals surface area contributed by atoms with Gasteiger partial charge in [0.15, 0.2) is 6.61 Å². The SMILES string of the molecule is Cc1cc(F)ccc1CC(C)(C)NCC(O)c1cc(OCc2ccccc2)cc2c1OCC(=O)N2. The Bertz CT molecular complexity index is 1200. The number of aryl methyl sites for hydroxylation is 1. The highest BCUT2D eigenvalue weighted by Crippen LogP contribution is 2.39. The van der Waals surface area contributed by atoms with Crippen LogP contribution in [0.1, 0.15) is 42.2 Å². The molecule has 0 bridgehead atoms. The smallest absolute Gasteiger partial charge is 0.262 e. The molecule has 3 aromatic carbocycles. The first kappa shape index (κ1) is 24.7. The number of hydrogen-bond donors (Lipinski definition) is 3. The summed E-state index contributed by atoms with van der Waals surface area (Å²) in [5, 5.41) is 17.3. The average Bonchev–Trinajstić information content (AvgIpc) is 2.83. The van der Waals surface area contributed by atoms with Crippen molar-refractivity contribution < 1.29 is 23.8 Å². The molecular formula is C28H31FN2O4. The fourth-order valence-electron chi connectivity index (χ4n) is 4.15. The molecule has 0 radical (unpaired) electrons. The number of nitrogens with one attached hydrogen (secondary N) is 2. The van der Waals surface area contributed by atoms with Crippen molar-refractivity contribution in [1.82, 2.24) is 5.32 Å². The molecule has 1 aliphatic heterocycles. The number of hydrogen-bond acceptors (Lipinski definition) is 5. The zero-order chi connectivity index (χ0) is 25.0. The van der Waals surface area contributed by atoms with E-state index in [-0.39, 0.29) is 30.4 Å². The molecule has 1 heterocycles. The van der Waals surface area contributed by atoms with Crippen LogP contribution in [0, 0.1) is 12.7 Å². The normalized spacial score (nSPS) is 14.0. The van der Waals surface area contributed by atoms with E-state index in [9.17, 15) is 14.3 Å². The number of carbonyl (C=O) groups is 1. The monoisotopic (exact) mass is 478 g/mol. The topological polar surface area (TPSA) is 79.8 Å². The van der Waals surface area contributed by atoms with E-state index < -0.39 is 6.10 Å². The van der Waals surface area contributed by atoms with Crippen LogP contribution in [-0.4, -0.2) is 29.7 Å². The molecule has 35 heavy (non-hydrogen) atoms. The Morgan fingerprint density at radius 2 is 1.94 bits per heavy atom. The Balaban J connectivity index is 1.49. The van der Waals surface area contributed by atoms with Gasteiger partial charge in [0.1, 0.15) is 23.9 Å². The van der Waals surface area contributed by atoms with Gasteiger partial charge in [-0.1, -0.05) is 36.4 Å². The number of benzene rings is 3. The summed E-state index contributed by atoms with van der Waals surface area (Å²) in [7, 11) is 0. The van der Waals surface area contributed by atoms with E-state index in [1.807, 2.05) is 51.1 Å². The third-order valence-corrected chi connectivity index (χ3v) is 6.03. The molecule has 0 spiro atoms. The highest BCUT2D eigenvalue weighted by Gasteiger charge is 2.27. The van der Waals surface area contributed by atoms with Crippen LogP contribution in [0.2, 0.25) is 0 Å². The predicted octanol–water partition coefficient (Wildman–Crippen LogP) is 4.69. The number of carbonyl (C=O) groups excluding carboxylic acids is 1. The number of ether oxygens (including phenoxy) is 2. The molecule has 0 saturated heterocycles. The maximum atomic E-state index is 13.5. The summed E-state index contributed by atoms with van der Waals surface area (Å²) in [5.41, 5.74) is 3.58. The molecule has 6 nitrogen and oxygen atoms in total. The van der Waals surface area contributed by atoms with E-state index in [4.69, 9.17) is 9.47 Å². The quantitative estimate of drug-likeness (QED) is 0.416. The molecule has 3 N–H and O–H groups in total.